The molecule has 0 saturated carbocycles. The number of fused-ring (bicyclic) bond motifs is 1. The fourth-order valence-electron chi connectivity index (χ4n) is 3.01. The minimum absolute atomic E-state index is 0.104. The topological polar surface area (TPSA) is 86.0 Å². The molecular weight excluding hydrogens is 376 g/mol. The summed E-state index contributed by atoms with van der Waals surface area (Å²) >= 11 is 6.03. The van der Waals surface area contributed by atoms with Gasteiger partial charge in [-0.1, -0.05) is 17.7 Å². The van der Waals surface area contributed by atoms with Gasteiger partial charge in [0, 0.05) is 36.3 Å². The number of carbonyl (C=O) groups is 1. The Labute approximate surface area is 156 Å². The Morgan fingerprint density at radius 1 is 1.23 bits per heavy atom. The molecule has 0 aliphatic rings. The van der Waals surface area contributed by atoms with Crippen LogP contribution in [0.2, 0.25) is 5.02 Å². The molecule has 7 nitrogen and oxygen atoms in total. The molecule has 2 aromatic heterocycles. The first-order chi connectivity index (χ1) is 12.1. The van der Waals surface area contributed by atoms with E-state index in [9.17, 15) is 13.2 Å². The van der Waals surface area contributed by atoms with Crippen LogP contribution in [0.1, 0.15) is 29.3 Å². The Morgan fingerprint density at radius 2 is 1.92 bits per heavy atom. The molecule has 2 heterocycles. The molecule has 9 heteroatoms. The van der Waals surface area contributed by atoms with Crippen LogP contribution in [0.3, 0.4) is 0 Å². The molecule has 0 fully saturated rings. The predicted molar refractivity (Wildman–Crippen MR) is 100 cm³/mol. The molecule has 3 rings (SSSR count). The summed E-state index contributed by atoms with van der Waals surface area (Å²) in [5.41, 5.74) is 1.33. The second-order valence-corrected chi connectivity index (χ2v) is 8.67. The number of imidazole rings is 1. The number of hydrogen-bond acceptors (Lipinski definition) is 4. The number of rotatable bonds is 4. The van der Waals surface area contributed by atoms with Crippen molar-refractivity contribution < 1.29 is 13.2 Å². The second-order valence-electron chi connectivity index (χ2n) is 6.27. The summed E-state index contributed by atoms with van der Waals surface area (Å²) in [6.07, 6.45) is 2.42. The van der Waals surface area contributed by atoms with E-state index in [0.717, 1.165) is 17.2 Å². The molecular formula is C17H19ClN4O3S. The van der Waals surface area contributed by atoms with Gasteiger partial charge in [0.1, 0.15) is 11.5 Å². The SMILES string of the molecule is CC(NC(=O)c1cc2ccc(Cl)cc2n1C)c1ncc(S(C)(=O)=O)n1C. The van der Waals surface area contributed by atoms with Gasteiger partial charge < -0.3 is 14.5 Å². The Bertz CT molecular complexity index is 1110. The van der Waals surface area contributed by atoms with Gasteiger partial charge in [0.05, 0.1) is 12.2 Å². The zero-order valence-corrected chi connectivity index (χ0v) is 16.4. The van der Waals surface area contributed by atoms with Crippen LogP contribution in [0.15, 0.2) is 35.5 Å². The number of hydrogen-bond donors (Lipinski definition) is 1. The highest BCUT2D eigenvalue weighted by Gasteiger charge is 2.22. The number of aromatic nitrogens is 3. The maximum Gasteiger partial charge on any atom is 0.268 e. The monoisotopic (exact) mass is 394 g/mol. The molecule has 1 aromatic carbocycles. The summed E-state index contributed by atoms with van der Waals surface area (Å²) in [5.74, 6) is 0.178. The molecule has 1 unspecified atom stereocenters. The number of nitrogens with one attached hydrogen (secondary N) is 1. The van der Waals surface area contributed by atoms with Crippen molar-refractivity contribution in [3.8, 4) is 0 Å². The van der Waals surface area contributed by atoms with Gasteiger partial charge in [-0.25, -0.2) is 13.4 Å². The van der Waals surface area contributed by atoms with E-state index in [-0.39, 0.29) is 10.9 Å². The van der Waals surface area contributed by atoms with Crippen LogP contribution in [0.4, 0.5) is 0 Å². The molecule has 1 amide bonds. The minimum atomic E-state index is -3.38. The molecule has 0 aliphatic heterocycles. The van der Waals surface area contributed by atoms with Gasteiger partial charge in [-0.15, -0.1) is 0 Å². The first kappa shape index (κ1) is 18.5. The number of benzene rings is 1. The highest BCUT2D eigenvalue weighted by Crippen LogP contribution is 2.23. The maximum absolute atomic E-state index is 12.7. The van der Waals surface area contributed by atoms with Crippen LogP contribution in [0.25, 0.3) is 10.9 Å². The van der Waals surface area contributed by atoms with Crippen molar-refractivity contribution in [1.29, 1.82) is 0 Å². The van der Waals surface area contributed by atoms with E-state index in [0.29, 0.717) is 16.5 Å². The van der Waals surface area contributed by atoms with E-state index >= 15 is 0 Å². The van der Waals surface area contributed by atoms with Crippen LogP contribution in [-0.2, 0) is 23.9 Å². The maximum atomic E-state index is 12.7. The van der Waals surface area contributed by atoms with E-state index in [4.69, 9.17) is 11.6 Å². The zero-order valence-electron chi connectivity index (χ0n) is 14.8. The van der Waals surface area contributed by atoms with Crippen LogP contribution in [0.5, 0.6) is 0 Å². The van der Waals surface area contributed by atoms with Gasteiger partial charge in [-0.2, -0.15) is 0 Å². The molecule has 0 spiro atoms. The lowest BCUT2D eigenvalue weighted by atomic mass is 10.2. The van der Waals surface area contributed by atoms with Crippen molar-refractivity contribution in [2.75, 3.05) is 6.26 Å². The van der Waals surface area contributed by atoms with Crippen LogP contribution in [-0.4, -0.2) is 34.7 Å². The second kappa shape index (κ2) is 6.44. The Kier molecular flexibility index (Phi) is 4.58. The van der Waals surface area contributed by atoms with Crippen LogP contribution < -0.4 is 5.32 Å². The Balaban J connectivity index is 1.89. The summed E-state index contributed by atoms with van der Waals surface area (Å²) < 4.78 is 26.7. The summed E-state index contributed by atoms with van der Waals surface area (Å²) in [6.45, 7) is 1.76. The molecule has 1 N–H and O–H groups in total. The third-order valence-electron chi connectivity index (χ3n) is 4.34. The third-order valence-corrected chi connectivity index (χ3v) is 5.71. The molecule has 3 aromatic rings. The zero-order chi connectivity index (χ0) is 19.2. The number of amides is 1. The molecule has 138 valence electrons. The third kappa shape index (κ3) is 3.22. The predicted octanol–water partition coefficient (Wildman–Crippen LogP) is 2.46. The summed E-state index contributed by atoms with van der Waals surface area (Å²) in [7, 11) is 0.0199. The van der Waals surface area contributed by atoms with E-state index < -0.39 is 15.9 Å². The lowest BCUT2D eigenvalue weighted by Crippen LogP contribution is -2.30. The van der Waals surface area contributed by atoms with Crippen LogP contribution >= 0.6 is 11.6 Å². The highest BCUT2D eigenvalue weighted by atomic mass is 35.5. The first-order valence-electron chi connectivity index (χ1n) is 7.87. The molecule has 26 heavy (non-hydrogen) atoms. The summed E-state index contributed by atoms with van der Waals surface area (Å²) in [4.78, 5) is 16.8. The van der Waals surface area contributed by atoms with E-state index in [1.54, 1.807) is 43.8 Å². The van der Waals surface area contributed by atoms with E-state index in [2.05, 4.69) is 10.3 Å². The van der Waals surface area contributed by atoms with Crippen molar-refractivity contribution >= 4 is 38.2 Å². The minimum Gasteiger partial charge on any atom is -0.341 e. The molecule has 0 radical (unpaired) electrons. The van der Waals surface area contributed by atoms with E-state index in [1.165, 1.54) is 10.8 Å². The van der Waals surface area contributed by atoms with Crippen molar-refractivity contribution in [1.82, 2.24) is 19.4 Å². The average Bonchev–Trinajstić information content (AvgIpc) is 3.08. The first-order valence-corrected chi connectivity index (χ1v) is 10.1. The normalized spacial score (nSPS) is 13.1. The van der Waals surface area contributed by atoms with Crippen molar-refractivity contribution in [3.05, 3.63) is 47.0 Å². The molecule has 0 aliphatic carbocycles. The van der Waals surface area contributed by atoms with Gasteiger partial charge in [0.25, 0.3) is 5.91 Å². The standard InChI is InChI=1S/C17H19ClN4O3S/c1-10(16-19-9-15(22(16)3)26(4,24)25)20-17(23)14-7-11-5-6-12(18)8-13(11)21(14)2/h5-10H,1-4H3,(H,20,23). The van der Waals surface area contributed by atoms with Gasteiger partial charge >= 0.3 is 0 Å². The van der Waals surface area contributed by atoms with Crippen molar-refractivity contribution in [2.24, 2.45) is 14.1 Å². The lowest BCUT2D eigenvalue weighted by Gasteiger charge is -2.15. The Hall–Kier alpha value is -2.32. The molecule has 0 saturated heterocycles. The number of carbonyl (C=O) groups excluding carboxylic acids is 1. The summed E-state index contributed by atoms with van der Waals surface area (Å²) in [6, 6.07) is 6.75. The number of aryl methyl sites for hydroxylation is 1. The number of sulfone groups is 1. The van der Waals surface area contributed by atoms with Crippen LogP contribution in [0, 0.1) is 0 Å². The average molecular weight is 395 g/mol. The molecule has 0 bridgehead atoms. The quantitative estimate of drug-likeness (QED) is 0.736. The van der Waals surface area contributed by atoms with E-state index in [1.807, 2.05) is 6.07 Å². The fourth-order valence-corrected chi connectivity index (χ4v) is 4.01. The van der Waals surface area contributed by atoms with Gasteiger partial charge in [-0.3, -0.25) is 4.79 Å². The lowest BCUT2D eigenvalue weighted by molar-refractivity contribution is 0.0930. The summed E-state index contributed by atoms with van der Waals surface area (Å²) in [5, 5.41) is 4.47. The van der Waals surface area contributed by atoms with Gasteiger partial charge in [-0.05, 0) is 25.1 Å². The van der Waals surface area contributed by atoms with Crippen molar-refractivity contribution in [2.45, 2.75) is 18.0 Å². The largest absolute Gasteiger partial charge is 0.341 e. The smallest absolute Gasteiger partial charge is 0.268 e. The van der Waals surface area contributed by atoms with Crippen molar-refractivity contribution in [3.63, 3.8) is 0 Å². The Morgan fingerprint density at radius 3 is 2.54 bits per heavy atom. The van der Waals surface area contributed by atoms with Gasteiger partial charge in [0.2, 0.25) is 0 Å². The molecule has 1 atom stereocenters. The number of halogens is 1. The number of nitrogens with zero attached hydrogens (tertiary/aromatic N) is 3. The highest BCUT2D eigenvalue weighted by molar-refractivity contribution is 7.90. The fraction of sp³-hybridized carbons (Fsp3) is 0.294. The van der Waals surface area contributed by atoms with Gasteiger partial charge in [0.15, 0.2) is 14.9 Å².